The van der Waals surface area contributed by atoms with Gasteiger partial charge in [0, 0.05) is 10.5 Å². The number of amides is 1. The second-order valence-electron chi connectivity index (χ2n) is 4.17. The van der Waals surface area contributed by atoms with E-state index in [1.54, 1.807) is 4.90 Å². The van der Waals surface area contributed by atoms with Crippen LogP contribution in [0.25, 0.3) is 0 Å². The Kier molecular flexibility index (Phi) is 4.71. The Hall–Kier alpha value is -1.34. The summed E-state index contributed by atoms with van der Waals surface area (Å²) in [7, 11) is 0. The molecular weight excluding hydrogens is 280 g/mol. The highest BCUT2D eigenvalue weighted by atomic mass is 79.9. The first-order valence-electron chi connectivity index (χ1n) is 5.41. The molecular formula is C13H15BrN2O. The summed E-state index contributed by atoms with van der Waals surface area (Å²) in [6, 6.07) is 7.66. The van der Waals surface area contributed by atoms with E-state index in [1.165, 1.54) is 0 Å². The molecule has 4 heteroatoms. The van der Waals surface area contributed by atoms with E-state index in [2.05, 4.69) is 15.9 Å². The van der Waals surface area contributed by atoms with Crippen molar-refractivity contribution in [1.82, 2.24) is 4.90 Å². The summed E-state index contributed by atoms with van der Waals surface area (Å²) in [5.74, 6) is -0.114. The molecule has 0 aliphatic carbocycles. The highest BCUT2D eigenvalue weighted by Crippen LogP contribution is 2.20. The summed E-state index contributed by atoms with van der Waals surface area (Å²) in [6.07, 6.45) is 0. The van der Waals surface area contributed by atoms with E-state index in [0.717, 1.165) is 10.0 Å². The van der Waals surface area contributed by atoms with E-state index in [9.17, 15) is 4.79 Å². The summed E-state index contributed by atoms with van der Waals surface area (Å²) in [6.45, 7) is 5.85. The van der Waals surface area contributed by atoms with Crippen LogP contribution in [-0.2, 0) is 0 Å². The van der Waals surface area contributed by atoms with Crippen LogP contribution in [0.3, 0.4) is 0 Å². The van der Waals surface area contributed by atoms with Gasteiger partial charge in [-0.2, -0.15) is 5.26 Å². The molecule has 0 heterocycles. The van der Waals surface area contributed by atoms with E-state index in [1.807, 2.05) is 45.0 Å². The van der Waals surface area contributed by atoms with Crippen LogP contribution in [0, 0.1) is 18.3 Å². The van der Waals surface area contributed by atoms with E-state index in [-0.39, 0.29) is 18.5 Å². The monoisotopic (exact) mass is 294 g/mol. The Morgan fingerprint density at radius 1 is 1.53 bits per heavy atom. The number of nitriles is 1. The van der Waals surface area contributed by atoms with Crippen LogP contribution in [0.5, 0.6) is 0 Å². The molecule has 0 aliphatic rings. The minimum Gasteiger partial charge on any atom is -0.323 e. The van der Waals surface area contributed by atoms with Gasteiger partial charge < -0.3 is 4.90 Å². The standard InChI is InChI=1S/C13H15BrN2O/c1-9(2)16(7-6-15)13(17)11-8-10(3)4-5-12(11)14/h4-5,8-9H,7H2,1-3H3. The Morgan fingerprint density at radius 3 is 2.71 bits per heavy atom. The molecule has 0 aliphatic heterocycles. The van der Waals surface area contributed by atoms with E-state index >= 15 is 0 Å². The second-order valence-corrected chi connectivity index (χ2v) is 5.02. The van der Waals surface area contributed by atoms with E-state index in [0.29, 0.717) is 5.56 Å². The van der Waals surface area contributed by atoms with Gasteiger partial charge in [0.15, 0.2) is 0 Å². The van der Waals surface area contributed by atoms with Crippen molar-refractivity contribution in [3.8, 4) is 6.07 Å². The Morgan fingerprint density at radius 2 is 2.18 bits per heavy atom. The summed E-state index contributed by atoms with van der Waals surface area (Å²) in [5.41, 5.74) is 1.63. The fourth-order valence-electron chi connectivity index (χ4n) is 1.52. The Bertz CT molecular complexity index is 463. The summed E-state index contributed by atoms with van der Waals surface area (Å²) < 4.78 is 0.761. The van der Waals surface area contributed by atoms with E-state index in [4.69, 9.17) is 5.26 Å². The molecule has 1 aromatic carbocycles. The van der Waals surface area contributed by atoms with Crippen molar-refractivity contribution < 1.29 is 4.79 Å². The highest BCUT2D eigenvalue weighted by molar-refractivity contribution is 9.10. The molecule has 0 fully saturated rings. The van der Waals surface area contributed by atoms with Crippen LogP contribution >= 0.6 is 15.9 Å². The van der Waals surface area contributed by atoms with Gasteiger partial charge >= 0.3 is 0 Å². The van der Waals surface area contributed by atoms with Crippen LogP contribution in [0.15, 0.2) is 22.7 Å². The number of hydrogen-bond acceptors (Lipinski definition) is 2. The normalized spacial score (nSPS) is 10.1. The minimum absolute atomic E-state index is 0.00885. The third-order valence-electron chi connectivity index (χ3n) is 2.48. The van der Waals surface area contributed by atoms with Crippen molar-refractivity contribution in [2.45, 2.75) is 26.8 Å². The predicted molar refractivity (Wildman–Crippen MR) is 70.7 cm³/mol. The van der Waals surface area contributed by atoms with Gasteiger partial charge in [-0.05, 0) is 48.8 Å². The zero-order chi connectivity index (χ0) is 13.0. The summed E-state index contributed by atoms with van der Waals surface area (Å²) in [5, 5.41) is 8.75. The number of hydrogen-bond donors (Lipinski definition) is 0. The molecule has 0 saturated carbocycles. The number of carbonyl (C=O) groups excluding carboxylic acids is 1. The fourth-order valence-corrected chi connectivity index (χ4v) is 1.94. The molecule has 0 N–H and O–H groups in total. The van der Waals surface area contributed by atoms with Crippen molar-refractivity contribution in [2.75, 3.05) is 6.54 Å². The number of rotatable bonds is 3. The minimum atomic E-state index is -0.114. The van der Waals surface area contributed by atoms with Crippen LogP contribution in [0.1, 0.15) is 29.8 Å². The maximum absolute atomic E-state index is 12.3. The molecule has 1 aromatic rings. The number of benzene rings is 1. The molecule has 90 valence electrons. The van der Waals surface area contributed by atoms with Gasteiger partial charge in [-0.25, -0.2) is 0 Å². The largest absolute Gasteiger partial charge is 0.323 e. The third-order valence-corrected chi connectivity index (χ3v) is 3.17. The van der Waals surface area contributed by atoms with Gasteiger partial charge in [-0.1, -0.05) is 11.6 Å². The lowest BCUT2D eigenvalue weighted by molar-refractivity contribution is 0.0730. The quantitative estimate of drug-likeness (QED) is 0.804. The third kappa shape index (κ3) is 3.31. The zero-order valence-corrected chi connectivity index (χ0v) is 11.8. The van der Waals surface area contributed by atoms with Crippen molar-refractivity contribution >= 4 is 21.8 Å². The number of halogens is 1. The van der Waals surface area contributed by atoms with Crippen LogP contribution < -0.4 is 0 Å². The van der Waals surface area contributed by atoms with Crippen molar-refractivity contribution in [3.63, 3.8) is 0 Å². The first kappa shape index (κ1) is 13.7. The van der Waals surface area contributed by atoms with Gasteiger partial charge in [0.05, 0.1) is 11.6 Å². The smallest absolute Gasteiger partial charge is 0.256 e. The highest BCUT2D eigenvalue weighted by Gasteiger charge is 2.20. The first-order chi connectivity index (χ1) is 7.97. The maximum atomic E-state index is 12.3. The van der Waals surface area contributed by atoms with Gasteiger partial charge in [0.25, 0.3) is 5.91 Å². The Labute approximate surface area is 110 Å². The lowest BCUT2D eigenvalue weighted by atomic mass is 10.1. The van der Waals surface area contributed by atoms with Crippen molar-refractivity contribution in [2.24, 2.45) is 0 Å². The Balaban J connectivity index is 3.10. The van der Waals surface area contributed by atoms with Gasteiger partial charge in [0.1, 0.15) is 6.54 Å². The van der Waals surface area contributed by atoms with Gasteiger partial charge in [-0.3, -0.25) is 4.79 Å². The molecule has 0 radical (unpaired) electrons. The maximum Gasteiger partial charge on any atom is 0.256 e. The molecule has 1 rings (SSSR count). The second kappa shape index (κ2) is 5.83. The molecule has 1 amide bonds. The van der Waals surface area contributed by atoms with E-state index < -0.39 is 0 Å². The zero-order valence-electron chi connectivity index (χ0n) is 10.2. The van der Waals surface area contributed by atoms with Crippen molar-refractivity contribution in [3.05, 3.63) is 33.8 Å². The SMILES string of the molecule is Cc1ccc(Br)c(C(=O)N(CC#N)C(C)C)c1. The van der Waals surface area contributed by atoms with Crippen LogP contribution in [-0.4, -0.2) is 23.4 Å². The average Bonchev–Trinajstić information content (AvgIpc) is 2.28. The molecule has 0 bridgehead atoms. The molecule has 0 saturated heterocycles. The lowest BCUT2D eigenvalue weighted by Gasteiger charge is -2.24. The molecule has 0 spiro atoms. The average molecular weight is 295 g/mol. The summed E-state index contributed by atoms with van der Waals surface area (Å²) in [4.78, 5) is 13.8. The van der Waals surface area contributed by atoms with Gasteiger partial charge in [0.2, 0.25) is 0 Å². The molecule has 0 unspecified atom stereocenters. The van der Waals surface area contributed by atoms with Crippen LogP contribution in [0.2, 0.25) is 0 Å². The lowest BCUT2D eigenvalue weighted by Crippen LogP contribution is -2.37. The number of aryl methyl sites for hydroxylation is 1. The fraction of sp³-hybridized carbons (Fsp3) is 0.385. The molecule has 3 nitrogen and oxygen atoms in total. The molecule has 17 heavy (non-hydrogen) atoms. The van der Waals surface area contributed by atoms with Crippen molar-refractivity contribution in [1.29, 1.82) is 5.26 Å². The first-order valence-corrected chi connectivity index (χ1v) is 6.20. The number of nitrogens with zero attached hydrogens (tertiary/aromatic N) is 2. The topological polar surface area (TPSA) is 44.1 Å². The van der Waals surface area contributed by atoms with Gasteiger partial charge in [-0.15, -0.1) is 0 Å². The summed E-state index contributed by atoms with van der Waals surface area (Å²) >= 11 is 3.37. The van der Waals surface area contributed by atoms with Crippen LogP contribution in [0.4, 0.5) is 0 Å². The molecule has 0 aromatic heterocycles. The number of carbonyl (C=O) groups is 1. The molecule has 0 atom stereocenters. The predicted octanol–water partition coefficient (Wildman–Crippen LogP) is 3.13.